The van der Waals surface area contributed by atoms with Crippen LogP contribution in [0.1, 0.15) is 46.6 Å². The van der Waals surface area contributed by atoms with Crippen LogP contribution in [0.4, 0.5) is 4.79 Å². The van der Waals surface area contributed by atoms with E-state index in [-0.39, 0.29) is 31.6 Å². The average molecular weight is 379 g/mol. The van der Waals surface area contributed by atoms with E-state index in [1.165, 1.54) is 0 Å². The Balaban J connectivity index is 2.48. The Hall–Kier alpha value is -2.08. The molecule has 0 heterocycles. The van der Waals surface area contributed by atoms with Crippen molar-refractivity contribution in [2.75, 3.05) is 19.8 Å². The second kappa shape index (κ2) is 11.6. The number of ether oxygens (including phenoxy) is 3. The van der Waals surface area contributed by atoms with E-state index in [0.29, 0.717) is 18.9 Å². The van der Waals surface area contributed by atoms with Gasteiger partial charge in [-0.2, -0.15) is 0 Å². The summed E-state index contributed by atoms with van der Waals surface area (Å²) in [5.74, 6) is 0.0339. The van der Waals surface area contributed by atoms with E-state index in [0.717, 1.165) is 5.56 Å². The molecule has 0 aliphatic carbocycles. The first-order valence-electron chi connectivity index (χ1n) is 9.42. The molecule has 1 aromatic rings. The number of carbonyl (C=O) groups excluding carboxylic acids is 2. The molecular formula is C21H33NO5. The molecule has 1 amide bonds. The number of esters is 1. The molecule has 0 radical (unpaired) electrons. The average Bonchev–Trinajstić information content (AvgIpc) is 2.56. The SMILES string of the molecule is CC(C)COC(=O)CCOC[C@H](Cc1ccccc1)NC(=O)OC(C)(C)C. The molecule has 0 bridgehead atoms. The molecule has 6 heteroatoms. The highest BCUT2D eigenvalue weighted by atomic mass is 16.6. The number of nitrogens with one attached hydrogen (secondary N) is 1. The number of rotatable bonds is 10. The van der Waals surface area contributed by atoms with Crippen LogP contribution in [0.3, 0.4) is 0 Å². The number of hydrogen-bond acceptors (Lipinski definition) is 5. The van der Waals surface area contributed by atoms with E-state index in [9.17, 15) is 9.59 Å². The summed E-state index contributed by atoms with van der Waals surface area (Å²) in [6.07, 6.45) is 0.318. The quantitative estimate of drug-likeness (QED) is 0.495. The van der Waals surface area contributed by atoms with Crippen molar-refractivity contribution in [1.29, 1.82) is 0 Å². The molecule has 0 unspecified atom stereocenters. The molecule has 0 aliphatic rings. The maximum Gasteiger partial charge on any atom is 0.407 e. The van der Waals surface area contributed by atoms with Gasteiger partial charge in [0.1, 0.15) is 5.60 Å². The Morgan fingerprint density at radius 3 is 2.33 bits per heavy atom. The van der Waals surface area contributed by atoms with Gasteiger partial charge in [0.25, 0.3) is 0 Å². The van der Waals surface area contributed by atoms with E-state index in [1.807, 2.05) is 65.0 Å². The highest BCUT2D eigenvalue weighted by Gasteiger charge is 2.20. The van der Waals surface area contributed by atoms with Gasteiger partial charge >= 0.3 is 12.1 Å². The number of hydrogen-bond donors (Lipinski definition) is 1. The Labute approximate surface area is 162 Å². The van der Waals surface area contributed by atoms with Crippen molar-refractivity contribution in [2.24, 2.45) is 5.92 Å². The van der Waals surface area contributed by atoms with Gasteiger partial charge in [0.15, 0.2) is 0 Å². The van der Waals surface area contributed by atoms with Crippen molar-refractivity contribution in [3.63, 3.8) is 0 Å². The molecule has 0 fully saturated rings. The van der Waals surface area contributed by atoms with Gasteiger partial charge in [0, 0.05) is 0 Å². The van der Waals surface area contributed by atoms with Crippen molar-refractivity contribution in [3.05, 3.63) is 35.9 Å². The molecule has 1 aromatic carbocycles. The van der Waals surface area contributed by atoms with E-state index < -0.39 is 11.7 Å². The molecule has 0 aliphatic heterocycles. The summed E-state index contributed by atoms with van der Waals surface area (Å²) < 4.78 is 16.0. The van der Waals surface area contributed by atoms with Gasteiger partial charge in [0.05, 0.1) is 32.3 Å². The van der Waals surface area contributed by atoms with Gasteiger partial charge in [-0.15, -0.1) is 0 Å². The number of benzene rings is 1. The Bertz CT molecular complexity index is 566. The zero-order valence-electron chi connectivity index (χ0n) is 17.1. The molecule has 27 heavy (non-hydrogen) atoms. The van der Waals surface area contributed by atoms with Gasteiger partial charge in [-0.25, -0.2) is 4.79 Å². The van der Waals surface area contributed by atoms with Crippen molar-refractivity contribution >= 4 is 12.1 Å². The third-order valence-electron chi connectivity index (χ3n) is 3.39. The maximum atomic E-state index is 12.1. The lowest BCUT2D eigenvalue weighted by atomic mass is 10.1. The topological polar surface area (TPSA) is 73.9 Å². The minimum absolute atomic E-state index is 0.192. The van der Waals surface area contributed by atoms with Gasteiger partial charge in [-0.3, -0.25) is 4.79 Å². The van der Waals surface area contributed by atoms with Crippen LogP contribution in [-0.4, -0.2) is 43.5 Å². The smallest absolute Gasteiger partial charge is 0.407 e. The number of carbonyl (C=O) groups is 2. The van der Waals surface area contributed by atoms with Crippen molar-refractivity contribution < 1.29 is 23.8 Å². The first kappa shape index (κ1) is 23.0. The summed E-state index contributed by atoms with van der Waals surface area (Å²) >= 11 is 0. The minimum Gasteiger partial charge on any atom is -0.465 e. The monoisotopic (exact) mass is 379 g/mol. The second-order valence-electron chi connectivity index (χ2n) is 7.93. The predicted octanol–water partition coefficient (Wildman–Crippen LogP) is 3.73. The van der Waals surface area contributed by atoms with Crippen LogP contribution in [-0.2, 0) is 25.4 Å². The van der Waals surface area contributed by atoms with Crippen molar-refractivity contribution in [2.45, 2.75) is 59.1 Å². The zero-order valence-corrected chi connectivity index (χ0v) is 17.1. The van der Waals surface area contributed by atoms with Crippen LogP contribution in [0.2, 0.25) is 0 Å². The van der Waals surface area contributed by atoms with Gasteiger partial charge in [-0.1, -0.05) is 44.2 Å². The molecule has 152 valence electrons. The third-order valence-corrected chi connectivity index (χ3v) is 3.39. The second-order valence-corrected chi connectivity index (χ2v) is 7.93. The fourth-order valence-electron chi connectivity index (χ4n) is 2.24. The standard InChI is InChI=1S/C21H33NO5/c1-16(2)14-26-19(23)11-12-25-15-18(13-17-9-7-6-8-10-17)22-20(24)27-21(3,4)5/h6-10,16,18H,11-15H2,1-5H3,(H,22,24)/t18-/m0/s1. The molecule has 1 N–H and O–H groups in total. The number of alkyl carbamates (subject to hydrolysis) is 1. The van der Waals surface area contributed by atoms with E-state index >= 15 is 0 Å². The normalized spacial score (nSPS) is 12.5. The van der Waals surface area contributed by atoms with E-state index in [4.69, 9.17) is 14.2 Å². The highest BCUT2D eigenvalue weighted by Crippen LogP contribution is 2.09. The lowest BCUT2D eigenvalue weighted by Crippen LogP contribution is -2.42. The first-order chi connectivity index (χ1) is 12.7. The van der Waals surface area contributed by atoms with Crippen LogP contribution < -0.4 is 5.32 Å². The summed E-state index contributed by atoms with van der Waals surface area (Å²) in [5.41, 5.74) is 0.515. The fourth-order valence-corrected chi connectivity index (χ4v) is 2.24. The van der Waals surface area contributed by atoms with Crippen LogP contribution in [0, 0.1) is 5.92 Å². The fraction of sp³-hybridized carbons (Fsp3) is 0.619. The van der Waals surface area contributed by atoms with Crippen molar-refractivity contribution in [1.82, 2.24) is 5.32 Å². The van der Waals surface area contributed by atoms with Crippen molar-refractivity contribution in [3.8, 4) is 0 Å². The largest absolute Gasteiger partial charge is 0.465 e. The predicted molar refractivity (Wildman–Crippen MR) is 105 cm³/mol. The molecule has 1 rings (SSSR count). The third kappa shape index (κ3) is 12.0. The molecular weight excluding hydrogens is 346 g/mol. The molecule has 0 aromatic heterocycles. The molecule has 0 saturated carbocycles. The lowest BCUT2D eigenvalue weighted by Gasteiger charge is -2.23. The highest BCUT2D eigenvalue weighted by molar-refractivity contribution is 5.69. The molecule has 1 atom stereocenters. The summed E-state index contributed by atoms with van der Waals surface area (Å²) in [6.45, 7) is 10.4. The van der Waals surface area contributed by atoms with E-state index in [2.05, 4.69) is 5.32 Å². The molecule has 6 nitrogen and oxygen atoms in total. The molecule has 0 spiro atoms. The first-order valence-corrected chi connectivity index (χ1v) is 9.42. The van der Waals surface area contributed by atoms with Crippen LogP contribution in [0.15, 0.2) is 30.3 Å². The summed E-state index contributed by atoms with van der Waals surface area (Å²) in [6, 6.07) is 9.57. The van der Waals surface area contributed by atoms with E-state index in [1.54, 1.807) is 0 Å². The number of amides is 1. The minimum atomic E-state index is -0.567. The van der Waals surface area contributed by atoms with Gasteiger partial charge in [0.2, 0.25) is 0 Å². The summed E-state index contributed by atoms with van der Waals surface area (Å²) in [4.78, 5) is 23.7. The Morgan fingerprint density at radius 2 is 1.74 bits per heavy atom. The Morgan fingerprint density at radius 1 is 1.07 bits per heavy atom. The zero-order chi connectivity index (χ0) is 20.3. The van der Waals surface area contributed by atoms with Crippen LogP contribution in [0.25, 0.3) is 0 Å². The summed E-state index contributed by atoms with van der Waals surface area (Å²) in [5, 5.41) is 2.85. The molecule has 0 saturated heterocycles. The summed E-state index contributed by atoms with van der Waals surface area (Å²) in [7, 11) is 0. The van der Waals surface area contributed by atoms with Gasteiger partial charge in [-0.05, 0) is 38.7 Å². The van der Waals surface area contributed by atoms with Gasteiger partial charge < -0.3 is 19.5 Å². The maximum absolute atomic E-state index is 12.1. The van der Waals surface area contributed by atoms with Crippen LogP contribution in [0.5, 0.6) is 0 Å². The Kier molecular flexibility index (Phi) is 9.86. The lowest BCUT2D eigenvalue weighted by molar-refractivity contribution is -0.146. The van der Waals surface area contributed by atoms with Crippen LogP contribution >= 0.6 is 0 Å².